The molecule has 2 atom stereocenters. The SMILES string of the molecule is Cl.N[C@H](c1cc(O)ccc1O)[C@@H](O)C1CCCCC1. The molecule has 1 fully saturated rings. The van der Waals surface area contributed by atoms with Crippen LogP contribution in [0.3, 0.4) is 0 Å². The van der Waals surface area contributed by atoms with E-state index in [4.69, 9.17) is 5.73 Å². The van der Waals surface area contributed by atoms with Gasteiger partial charge < -0.3 is 21.1 Å². The smallest absolute Gasteiger partial charge is 0.120 e. The number of benzene rings is 1. The minimum atomic E-state index is -0.669. The van der Waals surface area contributed by atoms with Crippen LogP contribution in [0.5, 0.6) is 11.5 Å². The van der Waals surface area contributed by atoms with E-state index in [1.807, 2.05) is 0 Å². The summed E-state index contributed by atoms with van der Waals surface area (Å²) < 4.78 is 0. The monoisotopic (exact) mass is 287 g/mol. The standard InChI is InChI=1S/C14H21NO3.ClH/c15-13(11-8-10(16)6-7-12(11)17)14(18)9-4-2-1-3-5-9;/h6-9,13-14,16-18H,1-5,15H2;1H/t13-,14+;/m1./s1. The van der Waals surface area contributed by atoms with Gasteiger partial charge in [-0.15, -0.1) is 12.4 Å². The van der Waals surface area contributed by atoms with E-state index in [0.29, 0.717) is 5.56 Å². The van der Waals surface area contributed by atoms with Crippen molar-refractivity contribution < 1.29 is 15.3 Å². The van der Waals surface area contributed by atoms with Crippen molar-refractivity contribution in [1.82, 2.24) is 0 Å². The lowest BCUT2D eigenvalue weighted by Gasteiger charge is -2.30. The molecule has 0 aliphatic heterocycles. The Hall–Kier alpha value is -0.970. The predicted octanol–water partition coefficient (Wildman–Crippen LogP) is 2.46. The molecule has 0 spiro atoms. The minimum absolute atomic E-state index is 0. The summed E-state index contributed by atoms with van der Waals surface area (Å²) in [5.74, 6) is 0.264. The molecule has 2 rings (SSSR count). The summed E-state index contributed by atoms with van der Waals surface area (Å²) >= 11 is 0. The zero-order valence-electron chi connectivity index (χ0n) is 10.8. The van der Waals surface area contributed by atoms with E-state index < -0.39 is 12.1 Å². The van der Waals surface area contributed by atoms with Crippen molar-refractivity contribution >= 4 is 12.4 Å². The third kappa shape index (κ3) is 3.75. The second-order valence-corrected chi connectivity index (χ2v) is 5.16. The van der Waals surface area contributed by atoms with Crippen LogP contribution in [0.1, 0.15) is 43.7 Å². The number of aliphatic hydroxyl groups is 1. The second kappa shape index (κ2) is 6.98. The molecule has 0 bridgehead atoms. The molecule has 0 radical (unpaired) electrons. The molecule has 0 saturated heterocycles. The van der Waals surface area contributed by atoms with Crippen molar-refractivity contribution in [1.29, 1.82) is 0 Å². The maximum absolute atomic E-state index is 10.3. The average molecular weight is 288 g/mol. The fourth-order valence-corrected chi connectivity index (χ4v) is 2.76. The van der Waals surface area contributed by atoms with E-state index in [-0.39, 0.29) is 29.8 Å². The first kappa shape index (κ1) is 16.1. The Labute approximate surface area is 119 Å². The van der Waals surface area contributed by atoms with Crippen LogP contribution >= 0.6 is 12.4 Å². The third-order valence-corrected chi connectivity index (χ3v) is 3.87. The summed E-state index contributed by atoms with van der Waals surface area (Å²) in [6, 6.07) is 3.57. The summed E-state index contributed by atoms with van der Waals surface area (Å²) in [6.07, 6.45) is 4.76. The maximum Gasteiger partial charge on any atom is 0.120 e. The number of hydrogen-bond donors (Lipinski definition) is 4. The molecule has 108 valence electrons. The van der Waals surface area contributed by atoms with Crippen LogP contribution in [0.4, 0.5) is 0 Å². The Kier molecular flexibility index (Phi) is 5.91. The van der Waals surface area contributed by atoms with E-state index in [1.54, 1.807) is 0 Å². The summed E-state index contributed by atoms with van der Waals surface area (Å²) in [7, 11) is 0. The average Bonchev–Trinajstić information content (AvgIpc) is 2.41. The van der Waals surface area contributed by atoms with E-state index in [1.165, 1.54) is 24.6 Å². The van der Waals surface area contributed by atoms with Gasteiger partial charge in [0.15, 0.2) is 0 Å². The maximum atomic E-state index is 10.3. The molecule has 5 N–H and O–H groups in total. The summed E-state index contributed by atoms with van der Waals surface area (Å²) in [5, 5.41) is 29.5. The zero-order valence-corrected chi connectivity index (χ0v) is 11.6. The quantitative estimate of drug-likeness (QED) is 0.643. The summed E-state index contributed by atoms with van der Waals surface area (Å²) in [4.78, 5) is 0. The number of aliphatic hydroxyl groups excluding tert-OH is 1. The van der Waals surface area contributed by atoms with Gasteiger partial charge in [0, 0.05) is 5.56 Å². The molecule has 0 unspecified atom stereocenters. The number of halogens is 1. The molecule has 0 aromatic heterocycles. The van der Waals surface area contributed by atoms with Gasteiger partial charge in [-0.3, -0.25) is 0 Å². The first-order valence-electron chi connectivity index (χ1n) is 6.55. The molecular formula is C14H22ClNO3. The highest BCUT2D eigenvalue weighted by Gasteiger charge is 2.29. The van der Waals surface area contributed by atoms with Crippen molar-refractivity contribution in [3.8, 4) is 11.5 Å². The first-order chi connectivity index (χ1) is 8.59. The van der Waals surface area contributed by atoms with Gasteiger partial charge in [0.05, 0.1) is 12.1 Å². The Bertz CT molecular complexity index is 408. The molecule has 5 heteroatoms. The molecule has 1 saturated carbocycles. The van der Waals surface area contributed by atoms with Crippen molar-refractivity contribution in [3.63, 3.8) is 0 Å². The van der Waals surface area contributed by atoms with E-state index in [2.05, 4.69) is 0 Å². The first-order valence-corrected chi connectivity index (χ1v) is 6.55. The Balaban J connectivity index is 0.00000180. The van der Waals surface area contributed by atoms with E-state index in [0.717, 1.165) is 25.7 Å². The Morgan fingerprint density at radius 3 is 2.37 bits per heavy atom. The number of aromatic hydroxyl groups is 2. The van der Waals surface area contributed by atoms with Gasteiger partial charge in [-0.2, -0.15) is 0 Å². The number of phenols is 2. The fourth-order valence-electron chi connectivity index (χ4n) is 2.76. The number of phenolic OH excluding ortho intramolecular Hbond substituents is 2. The van der Waals surface area contributed by atoms with Gasteiger partial charge in [0.25, 0.3) is 0 Å². The van der Waals surface area contributed by atoms with Crippen molar-refractivity contribution in [2.75, 3.05) is 0 Å². The van der Waals surface area contributed by atoms with Gasteiger partial charge in [0.1, 0.15) is 11.5 Å². The highest BCUT2D eigenvalue weighted by atomic mass is 35.5. The third-order valence-electron chi connectivity index (χ3n) is 3.87. The number of hydrogen-bond acceptors (Lipinski definition) is 4. The van der Waals surface area contributed by atoms with Gasteiger partial charge in [-0.25, -0.2) is 0 Å². The molecule has 1 aromatic rings. The molecule has 0 amide bonds. The van der Waals surface area contributed by atoms with Crippen LogP contribution in [-0.4, -0.2) is 21.4 Å². The summed E-state index contributed by atoms with van der Waals surface area (Å²) in [5.41, 5.74) is 6.43. The Morgan fingerprint density at radius 1 is 1.11 bits per heavy atom. The van der Waals surface area contributed by atoms with Crippen LogP contribution in [-0.2, 0) is 0 Å². The zero-order chi connectivity index (χ0) is 13.1. The lowest BCUT2D eigenvalue weighted by Crippen LogP contribution is -2.34. The molecule has 19 heavy (non-hydrogen) atoms. The highest BCUT2D eigenvalue weighted by Crippen LogP contribution is 2.35. The van der Waals surface area contributed by atoms with Crippen molar-refractivity contribution in [3.05, 3.63) is 23.8 Å². The normalized spacial score (nSPS) is 19.5. The molecule has 4 nitrogen and oxygen atoms in total. The van der Waals surface area contributed by atoms with Crippen LogP contribution in [0.2, 0.25) is 0 Å². The van der Waals surface area contributed by atoms with Crippen LogP contribution in [0.15, 0.2) is 18.2 Å². The van der Waals surface area contributed by atoms with Gasteiger partial charge in [-0.05, 0) is 37.0 Å². The summed E-state index contributed by atoms with van der Waals surface area (Å²) in [6.45, 7) is 0. The lowest BCUT2D eigenvalue weighted by molar-refractivity contribution is 0.0610. The highest BCUT2D eigenvalue weighted by molar-refractivity contribution is 5.85. The second-order valence-electron chi connectivity index (χ2n) is 5.16. The number of rotatable bonds is 3. The molecule has 1 aliphatic rings. The van der Waals surface area contributed by atoms with E-state index >= 15 is 0 Å². The number of nitrogens with two attached hydrogens (primary N) is 1. The van der Waals surface area contributed by atoms with Crippen LogP contribution in [0, 0.1) is 5.92 Å². The fraction of sp³-hybridized carbons (Fsp3) is 0.571. The Morgan fingerprint density at radius 2 is 1.74 bits per heavy atom. The van der Waals surface area contributed by atoms with Crippen molar-refractivity contribution in [2.45, 2.75) is 44.2 Å². The molecule has 1 aromatic carbocycles. The topological polar surface area (TPSA) is 86.7 Å². The van der Waals surface area contributed by atoms with Gasteiger partial charge in [0.2, 0.25) is 0 Å². The predicted molar refractivity (Wildman–Crippen MR) is 76.5 cm³/mol. The van der Waals surface area contributed by atoms with Gasteiger partial charge >= 0.3 is 0 Å². The van der Waals surface area contributed by atoms with Gasteiger partial charge in [-0.1, -0.05) is 19.3 Å². The van der Waals surface area contributed by atoms with Crippen LogP contribution < -0.4 is 5.73 Å². The van der Waals surface area contributed by atoms with E-state index in [9.17, 15) is 15.3 Å². The lowest BCUT2D eigenvalue weighted by atomic mass is 9.81. The molecular weight excluding hydrogens is 266 g/mol. The largest absolute Gasteiger partial charge is 0.508 e. The van der Waals surface area contributed by atoms with Crippen molar-refractivity contribution in [2.24, 2.45) is 11.7 Å². The molecule has 1 aliphatic carbocycles. The molecule has 0 heterocycles. The minimum Gasteiger partial charge on any atom is -0.508 e. The van der Waals surface area contributed by atoms with Crippen LogP contribution in [0.25, 0.3) is 0 Å².